The Kier molecular flexibility index (Phi) is 5.91. The van der Waals surface area contributed by atoms with Crippen LogP contribution >= 0.6 is 0 Å². The number of nitrogens with one attached hydrogen (secondary N) is 1. The molecule has 0 spiro atoms. The summed E-state index contributed by atoms with van der Waals surface area (Å²) in [5, 5.41) is 13.1. The number of benzene rings is 2. The fraction of sp³-hybridized carbons (Fsp3) is 0.400. The van der Waals surface area contributed by atoms with E-state index in [0.717, 1.165) is 17.5 Å². The number of aliphatic hydroxyl groups excluding tert-OH is 1. The molecule has 2 aromatic carbocycles. The highest BCUT2D eigenvalue weighted by molar-refractivity contribution is 5.43. The van der Waals surface area contributed by atoms with Gasteiger partial charge in [-0.15, -0.1) is 0 Å². The van der Waals surface area contributed by atoms with Crippen LogP contribution in [-0.4, -0.2) is 37.6 Å². The van der Waals surface area contributed by atoms with E-state index >= 15 is 0 Å². The van der Waals surface area contributed by atoms with E-state index < -0.39 is 0 Å². The Morgan fingerprint density at radius 3 is 2.64 bits per heavy atom. The van der Waals surface area contributed by atoms with Gasteiger partial charge in [-0.1, -0.05) is 36.4 Å². The van der Waals surface area contributed by atoms with E-state index in [0.29, 0.717) is 37.9 Å². The molecule has 1 fully saturated rings. The van der Waals surface area contributed by atoms with Gasteiger partial charge in [0.25, 0.3) is 0 Å². The average Bonchev–Trinajstić information content (AvgIpc) is 3.15. The topological polar surface area (TPSA) is 60.0 Å². The third kappa shape index (κ3) is 4.51. The van der Waals surface area contributed by atoms with Crippen LogP contribution in [0.5, 0.6) is 11.5 Å². The van der Waals surface area contributed by atoms with Crippen molar-refractivity contribution in [2.45, 2.75) is 25.1 Å². The molecule has 1 saturated heterocycles. The van der Waals surface area contributed by atoms with Crippen LogP contribution in [0, 0.1) is 0 Å². The molecule has 1 aliphatic rings. The molecule has 0 saturated carbocycles. The molecule has 25 heavy (non-hydrogen) atoms. The lowest BCUT2D eigenvalue weighted by Gasteiger charge is -2.26. The van der Waals surface area contributed by atoms with Crippen molar-refractivity contribution in [3.8, 4) is 11.5 Å². The van der Waals surface area contributed by atoms with Crippen molar-refractivity contribution in [2.75, 3.05) is 26.9 Å². The van der Waals surface area contributed by atoms with Crippen molar-refractivity contribution in [3.63, 3.8) is 0 Å². The van der Waals surface area contributed by atoms with Crippen LogP contribution in [0.15, 0.2) is 48.5 Å². The summed E-state index contributed by atoms with van der Waals surface area (Å²) < 4.78 is 16.8. The van der Waals surface area contributed by atoms with Gasteiger partial charge in [0.05, 0.1) is 25.9 Å². The first-order valence-electron chi connectivity index (χ1n) is 8.52. The van der Waals surface area contributed by atoms with Crippen molar-refractivity contribution >= 4 is 0 Å². The lowest BCUT2D eigenvalue weighted by molar-refractivity contribution is 0.120. The van der Waals surface area contributed by atoms with Gasteiger partial charge in [-0.3, -0.25) is 0 Å². The molecule has 134 valence electrons. The van der Waals surface area contributed by atoms with Gasteiger partial charge >= 0.3 is 0 Å². The standard InChI is InChI=1S/C20H25NO4/c1-23-18-8-7-17(12-21-20(14-22)9-10-24-15-20)11-19(18)25-13-16-5-3-2-4-6-16/h2-8,11,21-22H,9-10,12-15H2,1H3. The fourth-order valence-electron chi connectivity index (χ4n) is 2.90. The maximum atomic E-state index is 9.65. The van der Waals surface area contributed by atoms with E-state index in [1.165, 1.54) is 0 Å². The molecule has 0 bridgehead atoms. The number of hydrogen-bond donors (Lipinski definition) is 2. The molecule has 2 aromatic rings. The normalized spacial score (nSPS) is 19.8. The Hall–Kier alpha value is -2.08. The van der Waals surface area contributed by atoms with Gasteiger partial charge in [0.2, 0.25) is 0 Å². The van der Waals surface area contributed by atoms with Crippen LogP contribution in [0.1, 0.15) is 17.5 Å². The SMILES string of the molecule is COc1ccc(CNC2(CO)CCOC2)cc1OCc1ccccc1. The van der Waals surface area contributed by atoms with Crippen molar-refractivity contribution in [2.24, 2.45) is 0 Å². The van der Waals surface area contributed by atoms with Crippen LogP contribution in [0.3, 0.4) is 0 Å². The van der Waals surface area contributed by atoms with Crippen LogP contribution < -0.4 is 14.8 Å². The van der Waals surface area contributed by atoms with Crippen LogP contribution in [0.4, 0.5) is 0 Å². The molecule has 1 unspecified atom stereocenters. The molecule has 1 atom stereocenters. The van der Waals surface area contributed by atoms with Gasteiger partial charge in [-0.05, 0) is 29.7 Å². The fourth-order valence-corrected chi connectivity index (χ4v) is 2.90. The third-order valence-electron chi connectivity index (χ3n) is 4.54. The van der Waals surface area contributed by atoms with Crippen molar-refractivity contribution < 1.29 is 19.3 Å². The summed E-state index contributed by atoms with van der Waals surface area (Å²) in [6.45, 7) is 2.41. The highest BCUT2D eigenvalue weighted by atomic mass is 16.5. The molecule has 0 radical (unpaired) electrons. The van der Waals surface area contributed by atoms with E-state index in [9.17, 15) is 5.11 Å². The second kappa shape index (κ2) is 8.34. The Bertz CT molecular complexity index is 669. The van der Waals surface area contributed by atoms with Crippen molar-refractivity contribution in [3.05, 3.63) is 59.7 Å². The Morgan fingerprint density at radius 2 is 1.96 bits per heavy atom. The number of hydrogen-bond acceptors (Lipinski definition) is 5. The lowest BCUT2D eigenvalue weighted by atomic mass is 9.99. The summed E-state index contributed by atoms with van der Waals surface area (Å²) in [6, 6.07) is 15.9. The lowest BCUT2D eigenvalue weighted by Crippen LogP contribution is -2.48. The van der Waals surface area contributed by atoms with Gasteiger partial charge in [-0.25, -0.2) is 0 Å². The van der Waals surface area contributed by atoms with E-state index in [1.807, 2.05) is 48.5 Å². The van der Waals surface area contributed by atoms with E-state index in [4.69, 9.17) is 14.2 Å². The van der Waals surface area contributed by atoms with Gasteiger partial charge in [0.15, 0.2) is 11.5 Å². The summed E-state index contributed by atoms with van der Waals surface area (Å²) >= 11 is 0. The molecule has 1 heterocycles. The number of methoxy groups -OCH3 is 1. The largest absolute Gasteiger partial charge is 0.493 e. The van der Waals surface area contributed by atoms with Crippen LogP contribution in [0.2, 0.25) is 0 Å². The van der Waals surface area contributed by atoms with Gasteiger partial charge in [0.1, 0.15) is 6.61 Å². The Labute approximate surface area is 148 Å². The van der Waals surface area contributed by atoms with E-state index in [2.05, 4.69) is 5.32 Å². The predicted octanol–water partition coefficient (Wildman–Crippen LogP) is 2.52. The zero-order valence-corrected chi connectivity index (χ0v) is 14.5. The average molecular weight is 343 g/mol. The molecule has 0 aliphatic carbocycles. The summed E-state index contributed by atoms with van der Waals surface area (Å²) in [4.78, 5) is 0. The molecular weight excluding hydrogens is 318 g/mol. The van der Waals surface area contributed by atoms with Gasteiger partial charge < -0.3 is 24.6 Å². The van der Waals surface area contributed by atoms with Crippen molar-refractivity contribution in [1.29, 1.82) is 0 Å². The van der Waals surface area contributed by atoms with E-state index in [-0.39, 0.29) is 12.1 Å². The number of ether oxygens (including phenoxy) is 3. The van der Waals surface area contributed by atoms with Crippen LogP contribution in [-0.2, 0) is 17.9 Å². The summed E-state index contributed by atoms with van der Waals surface area (Å²) in [7, 11) is 1.64. The minimum atomic E-state index is -0.342. The zero-order valence-electron chi connectivity index (χ0n) is 14.5. The smallest absolute Gasteiger partial charge is 0.161 e. The van der Waals surface area contributed by atoms with Crippen molar-refractivity contribution in [1.82, 2.24) is 5.32 Å². The highest BCUT2D eigenvalue weighted by Crippen LogP contribution is 2.29. The van der Waals surface area contributed by atoms with Gasteiger partial charge in [0, 0.05) is 13.2 Å². The monoisotopic (exact) mass is 343 g/mol. The minimum absolute atomic E-state index is 0.0700. The molecule has 5 nitrogen and oxygen atoms in total. The van der Waals surface area contributed by atoms with Crippen LogP contribution in [0.25, 0.3) is 0 Å². The molecule has 1 aliphatic heterocycles. The Balaban J connectivity index is 1.66. The number of rotatable bonds is 8. The molecule has 3 rings (SSSR count). The molecule has 0 amide bonds. The maximum absolute atomic E-state index is 9.65. The summed E-state index contributed by atoms with van der Waals surface area (Å²) in [5.41, 5.74) is 1.84. The molecule has 5 heteroatoms. The number of aliphatic hydroxyl groups is 1. The summed E-state index contributed by atoms with van der Waals surface area (Å²) in [6.07, 6.45) is 0.816. The molecule has 0 aromatic heterocycles. The second-order valence-corrected chi connectivity index (χ2v) is 6.35. The quantitative estimate of drug-likeness (QED) is 0.771. The summed E-state index contributed by atoms with van der Waals surface area (Å²) in [5.74, 6) is 1.42. The maximum Gasteiger partial charge on any atom is 0.161 e. The molecule has 2 N–H and O–H groups in total. The van der Waals surface area contributed by atoms with E-state index in [1.54, 1.807) is 7.11 Å². The predicted molar refractivity (Wildman–Crippen MR) is 95.9 cm³/mol. The van der Waals surface area contributed by atoms with Gasteiger partial charge in [-0.2, -0.15) is 0 Å². The zero-order chi connectivity index (χ0) is 17.5. The third-order valence-corrected chi connectivity index (χ3v) is 4.54. The minimum Gasteiger partial charge on any atom is -0.493 e. The first-order chi connectivity index (χ1) is 12.2. The Morgan fingerprint density at radius 1 is 1.12 bits per heavy atom. The first kappa shape index (κ1) is 17.7. The second-order valence-electron chi connectivity index (χ2n) is 6.35. The molecular formula is C20H25NO4. The highest BCUT2D eigenvalue weighted by Gasteiger charge is 2.33. The first-order valence-corrected chi connectivity index (χ1v) is 8.52.